The predicted octanol–water partition coefficient (Wildman–Crippen LogP) is 5.97. The van der Waals surface area contributed by atoms with Crippen LogP contribution in [0.1, 0.15) is 89.4 Å². The summed E-state index contributed by atoms with van der Waals surface area (Å²) in [7, 11) is 1.42. The van der Waals surface area contributed by atoms with Gasteiger partial charge in [-0.3, -0.25) is 4.79 Å². The maximum absolute atomic E-state index is 10.9. The SMILES string of the molecule is [2H]C([2H])(CC)C([2H])([2H])C/C=C\C=C/CCCCCCCCC(=O)OC. The van der Waals surface area contributed by atoms with Gasteiger partial charge < -0.3 is 4.74 Å². The summed E-state index contributed by atoms with van der Waals surface area (Å²) in [4.78, 5) is 10.9. The van der Waals surface area contributed by atoms with Gasteiger partial charge in [0.25, 0.3) is 0 Å². The van der Waals surface area contributed by atoms with E-state index in [1.54, 1.807) is 19.1 Å². The Bertz CT molecular complexity index is 418. The fourth-order valence-corrected chi connectivity index (χ4v) is 1.92. The van der Waals surface area contributed by atoms with Crippen LogP contribution in [0.5, 0.6) is 0 Å². The smallest absolute Gasteiger partial charge is 0.305 e. The van der Waals surface area contributed by atoms with Crippen LogP contribution in [0.4, 0.5) is 0 Å². The molecule has 0 aliphatic heterocycles. The topological polar surface area (TPSA) is 26.3 Å². The molecule has 2 heteroatoms. The van der Waals surface area contributed by atoms with Crippen LogP contribution in [0.25, 0.3) is 0 Å². The Labute approximate surface area is 137 Å². The van der Waals surface area contributed by atoms with E-state index in [2.05, 4.69) is 10.8 Å². The molecule has 0 N–H and O–H groups in total. The highest BCUT2D eigenvalue weighted by molar-refractivity contribution is 5.68. The average molecular weight is 299 g/mol. The van der Waals surface area contributed by atoms with Crippen molar-refractivity contribution in [1.82, 2.24) is 0 Å². The fraction of sp³-hybridized carbons (Fsp3) is 0.737. The molecule has 0 atom stereocenters. The van der Waals surface area contributed by atoms with Gasteiger partial charge in [-0.2, -0.15) is 0 Å². The number of carbonyl (C=O) groups is 1. The Morgan fingerprint density at radius 3 is 2.24 bits per heavy atom. The van der Waals surface area contributed by atoms with E-state index in [1.807, 2.05) is 6.08 Å². The minimum atomic E-state index is -1.83. The van der Waals surface area contributed by atoms with Crippen molar-refractivity contribution in [3.05, 3.63) is 24.3 Å². The number of unbranched alkanes of at least 4 members (excludes halogenated alkanes) is 6. The standard InChI is InChI=1S/C19H34O2/c1-3-4-5-6-7-8-9-10-11-12-13-14-15-16-17-18-19(20)21-2/h7-10H,3-6,11-18H2,1-2H3/b8-7-,10-9-/i4D2,5D2. The number of carbonyl (C=O) groups excluding carboxylic acids is 1. The molecule has 0 aliphatic rings. The van der Waals surface area contributed by atoms with E-state index in [0.717, 1.165) is 32.1 Å². The molecule has 0 saturated carbocycles. The summed E-state index contributed by atoms with van der Waals surface area (Å²) in [5.74, 6) is -0.128. The number of hydrogen-bond donors (Lipinski definition) is 0. The van der Waals surface area contributed by atoms with Crippen LogP contribution < -0.4 is 0 Å². The minimum absolute atomic E-state index is 0.0871. The number of methoxy groups -OCH3 is 1. The summed E-state index contributed by atoms with van der Waals surface area (Å²) in [6.45, 7) is 1.67. The van der Waals surface area contributed by atoms with Gasteiger partial charge in [-0.25, -0.2) is 0 Å². The molecular weight excluding hydrogens is 260 g/mol. The van der Waals surface area contributed by atoms with Gasteiger partial charge in [0, 0.05) is 11.9 Å². The Kier molecular flexibility index (Phi) is 11.0. The zero-order chi connectivity index (χ0) is 19.2. The highest BCUT2D eigenvalue weighted by Gasteiger charge is 1.98. The number of hydrogen-bond acceptors (Lipinski definition) is 2. The van der Waals surface area contributed by atoms with E-state index in [0.29, 0.717) is 6.42 Å². The van der Waals surface area contributed by atoms with Gasteiger partial charge in [-0.05, 0) is 32.1 Å². The van der Waals surface area contributed by atoms with Crippen LogP contribution in [0.15, 0.2) is 24.3 Å². The maximum Gasteiger partial charge on any atom is 0.305 e. The Balaban J connectivity index is 3.65. The Morgan fingerprint density at radius 1 is 0.952 bits per heavy atom. The molecule has 2 nitrogen and oxygen atoms in total. The first-order chi connectivity index (χ1) is 11.8. The molecule has 0 radical (unpaired) electrons. The lowest BCUT2D eigenvalue weighted by Gasteiger charge is -2.00. The van der Waals surface area contributed by atoms with E-state index in [1.165, 1.54) is 20.0 Å². The summed E-state index contributed by atoms with van der Waals surface area (Å²) in [6.07, 6.45) is 12.2. The lowest BCUT2D eigenvalue weighted by atomic mass is 10.1. The molecule has 0 unspecified atom stereocenters. The lowest BCUT2D eigenvalue weighted by molar-refractivity contribution is -0.140. The molecule has 122 valence electrons. The quantitative estimate of drug-likeness (QED) is 0.224. The molecule has 0 saturated heterocycles. The molecule has 0 aromatic carbocycles. The maximum atomic E-state index is 10.9. The van der Waals surface area contributed by atoms with Crippen LogP contribution >= 0.6 is 0 Å². The zero-order valence-corrected chi connectivity index (χ0v) is 13.7. The summed E-state index contributed by atoms with van der Waals surface area (Å²) < 4.78 is 35.5. The van der Waals surface area contributed by atoms with Gasteiger partial charge in [0.2, 0.25) is 0 Å². The average Bonchev–Trinajstić information content (AvgIpc) is 2.58. The van der Waals surface area contributed by atoms with Crippen LogP contribution in [-0.4, -0.2) is 13.1 Å². The highest BCUT2D eigenvalue weighted by atomic mass is 16.5. The first-order valence-corrected chi connectivity index (χ1v) is 8.15. The van der Waals surface area contributed by atoms with Crippen molar-refractivity contribution in [3.8, 4) is 0 Å². The molecule has 0 rings (SSSR count). The van der Waals surface area contributed by atoms with Crippen molar-refractivity contribution in [2.75, 3.05) is 7.11 Å². The minimum Gasteiger partial charge on any atom is -0.469 e. The zero-order valence-electron chi connectivity index (χ0n) is 17.7. The number of rotatable bonds is 14. The van der Waals surface area contributed by atoms with Crippen molar-refractivity contribution in [2.24, 2.45) is 0 Å². The summed E-state index contributed by atoms with van der Waals surface area (Å²) in [6, 6.07) is 0. The fourth-order valence-electron chi connectivity index (χ4n) is 1.92. The van der Waals surface area contributed by atoms with Gasteiger partial charge in [0.05, 0.1) is 7.11 Å². The molecule has 0 amide bonds. The summed E-state index contributed by atoms with van der Waals surface area (Å²) in [5.41, 5.74) is 0. The van der Waals surface area contributed by atoms with Crippen LogP contribution in [0, 0.1) is 0 Å². The summed E-state index contributed by atoms with van der Waals surface area (Å²) >= 11 is 0. The van der Waals surface area contributed by atoms with E-state index in [4.69, 9.17) is 5.48 Å². The van der Waals surface area contributed by atoms with Gasteiger partial charge in [-0.1, -0.05) is 69.7 Å². The molecule has 0 fully saturated rings. The molecule has 0 bridgehead atoms. The molecular formula is C19H34O2. The number of ether oxygens (including phenoxy) is 1. The predicted molar refractivity (Wildman–Crippen MR) is 91.4 cm³/mol. The van der Waals surface area contributed by atoms with Gasteiger partial charge in [0.15, 0.2) is 0 Å². The van der Waals surface area contributed by atoms with Crippen LogP contribution in [0.2, 0.25) is 0 Å². The molecule has 0 aromatic rings. The molecule has 0 spiro atoms. The first kappa shape index (κ1) is 13.6. The van der Waals surface area contributed by atoms with E-state index in [9.17, 15) is 4.79 Å². The third kappa shape index (κ3) is 16.9. The third-order valence-electron chi connectivity index (χ3n) is 3.13. The molecule has 0 heterocycles. The Morgan fingerprint density at radius 2 is 1.57 bits per heavy atom. The van der Waals surface area contributed by atoms with Gasteiger partial charge in [-0.15, -0.1) is 0 Å². The summed E-state index contributed by atoms with van der Waals surface area (Å²) in [5, 5.41) is 0. The second kappa shape index (κ2) is 17.0. The van der Waals surface area contributed by atoms with Gasteiger partial charge in [0.1, 0.15) is 0 Å². The second-order valence-corrected chi connectivity index (χ2v) is 5.00. The Hall–Kier alpha value is -1.05. The van der Waals surface area contributed by atoms with Gasteiger partial charge >= 0.3 is 5.97 Å². The molecule has 0 aromatic heterocycles. The van der Waals surface area contributed by atoms with Crippen molar-refractivity contribution in [2.45, 2.75) is 83.9 Å². The van der Waals surface area contributed by atoms with Crippen molar-refractivity contribution in [1.29, 1.82) is 0 Å². The number of esters is 1. The van der Waals surface area contributed by atoms with E-state index < -0.39 is 12.7 Å². The number of allylic oxidation sites excluding steroid dienone is 4. The molecule has 21 heavy (non-hydrogen) atoms. The normalized spacial score (nSPS) is 15.7. The van der Waals surface area contributed by atoms with E-state index in [-0.39, 0.29) is 18.8 Å². The highest BCUT2D eigenvalue weighted by Crippen LogP contribution is 2.09. The third-order valence-corrected chi connectivity index (χ3v) is 3.13. The largest absolute Gasteiger partial charge is 0.469 e. The van der Waals surface area contributed by atoms with Crippen molar-refractivity contribution >= 4 is 5.97 Å². The lowest BCUT2D eigenvalue weighted by Crippen LogP contribution is -1.99. The van der Waals surface area contributed by atoms with Crippen LogP contribution in [0.3, 0.4) is 0 Å². The molecule has 0 aliphatic carbocycles. The van der Waals surface area contributed by atoms with Crippen molar-refractivity contribution in [3.63, 3.8) is 0 Å². The van der Waals surface area contributed by atoms with Crippen LogP contribution in [-0.2, 0) is 9.53 Å². The first-order valence-electron chi connectivity index (χ1n) is 10.2. The second-order valence-electron chi connectivity index (χ2n) is 5.00. The van der Waals surface area contributed by atoms with Crippen molar-refractivity contribution < 1.29 is 15.0 Å². The monoisotopic (exact) mass is 298 g/mol. The van der Waals surface area contributed by atoms with E-state index >= 15 is 0 Å².